The zero-order valence-corrected chi connectivity index (χ0v) is 22.1. The van der Waals surface area contributed by atoms with Crippen molar-refractivity contribution in [3.05, 3.63) is 69.2 Å². The third-order valence-electron chi connectivity index (χ3n) is 7.36. The second kappa shape index (κ2) is 10.1. The molecule has 202 valence electrons. The van der Waals surface area contributed by atoms with Gasteiger partial charge in [0.15, 0.2) is 5.79 Å². The van der Waals surface area contributed by atoms with Crippen LogP contribution in [-0.2, 0) is 24.5 Å². The number of carboxylic acid groups (broad SMARTS) is 1. The van der Waals surface area contributed by atoms with Crippen molar-refractivity contribution >= 4 is 35.1 Å². The number of hydrogen-bond donors (Lipinski definition) is 2. The fourth-order valence-electron chi connectivity index (χ4n) is 5.85. The number of nitriles is 1. The van der Waals surface area contributed by atoms with Gasteiger partial charge in [0.25, 0.3) is 0 Å². The van der Waals surface area contributed by atoms with Gasteiger partial charge in [0.2, 0.25) is 5.91 Å². The van der Waals surface area contributed by atoms with Crippen LogP contribution in [0.4, 0.5) is 8.78 Å². The van der Waals surface area contributed by atoms with Crippen LogP contribution in [0.3, 0.4) is 0 Å². The second-order valence-corrected chi connectivity index (χ2v) is 10.7. The first-order chi connectivity index (χ1) is 17.8. The van der Waals surface area contributed by atoms with Crippen LogP contribution in [-0.4, -0.2) is 58.5 Å². The highest BCUT2D eigenvalue weighted by atomic mass is 35.5. The minimum Gasteiger partial charge on any atom is -0.480 e. The highest BCUT2D eigenvalue weighted by Crippen LogP contribution is 2.55. The normalized spacial score (nSPS) is 29.6. The molecule has 1 amide bonds. The summed E-state index contributed by atoms with van der Waals surface area (Å²) in [4.78, 5) is 27.0. The molecular weight excluding hydrogens is 543 g/mol. The van der Waals surface area contributed by atoms with Crippen molar-refractivity contribution in [2.24, 2.45) is 5.73 Å². The molecule has 8 nitrogen and oxygen atoms in total. The number of nitrogens with zero attached hydrogens (tertiary/aromatic N) is 2. The Morgan fingerprint density at radius 2 is 1.95 bits per heavy atom. The van der Waals surface area contributed by atoms with E-state index in [4.69, 9.17) is 38.4 Å². The summed E-state index contributed by atoms with van der Waals surface area (Å²) in [5.74, 6) is -6.95. The van der Waals surface area contributed by atoms with Crippen LogP contribution >= 0.6 is 23.2 Å². The minimum absolute atomic E-state index is 0.0378. The van der Waals surface area contributed by atoms with E-state index >= 15 is 8.78 Å². The molecule has 2 heterocycles. The molecule has 2 unspecified atom stereocenters. The molecular formula is C26H25Cl2F2N3O5. The number of carbonyl (C=O) groups excluding carboxylic acids is 1. The largest absolute Gasteiger partial charge is 0.480 e. The number of nitrogens with two attached hydrogens (primary N) is 1. The van der Waals surface area contributed by atoms with E-state index in [-0.39, 0.29) is 27.8 Å². The number of amides is 1. The van der Waals surface area contributed by atoms with E-state index in [0.29, 0.717) is 0 Å². The van der Waals surface area contributed by atoms with E-state index in [0.717, 1.165) is 6.07 Å². The summed E-state index contributed by atoms with van der Waals surface area (Å²) >= 11 is 12.0. The number of carbonyl (C=O) groups is 2. The number of rotatable bonds is 6. The number of hydrogen-bond acceptors (Lipinski definition) is 6. The molecule has 12 heteroatoms. The molecule has 3 N–H and O–H groups in total. The van der Waals surface area contributed by atoms with Crippen LogP contribution in [0.15, 0.2) is 36.4 Å². The Balaban J connectivity index is 2.05. The Bertz CT molecular complexity index is 1340. The summed E-state index contributed by atoms with van der Waals surface area (Å²) in [6, 6.07) is 5.28. The van der Waals surface area contributed by atoms with E-state index in [1.54, 1.807) is 13.8 Å². The highest BCUT2D eigenvalue weighted by Gasteiger charge is 2.66. The van der Waals surface area contributed by atoms with Crippen LogP contribution in [0.1, 0.15) is 37.8 Å². The zero-order valence-electron chi connectivity index (χ0n) is 20.6. The zero-order chi connectivity index (χ0) is 28.2. The summed E-state index contributed by atoms with van der Waals surface area (Å²) in [5, 5.41) is 20.9. The molecule has 38 heavy (non-hydrogen) atoms. The third kappa shape index (κ3) is 4.42. The lowest BCUT2D eigenvalue weighted by Gasteiger charge is -2.37. The predicted octanol–water partition coefficient (Wildman–Crippen LogP) is 3.98. The molecule has 0 bridgehead atoms. The van der Waals surface area contributed by atoms with Gasteiger partial charge in [-0.1, -0.05) is 41.4 Å². The van der Waals surface area contributed by atoms with Crippen molar-refractivity contribution in [3.8, 4) is 6.07 Å². The Labute approximate surface area is 227 Å². The van der Waals surface area contributed by atoms with Gasteiger partial charge in [-0.2, -0.15) is 5.26 Å². The van der Waals surface area contributed by atoms with E-state index < -0.39 is 64.9 Å². The second-order valence-electron chi connectivity index (χ2n) is 9.85. The van der Waals surface area contributed by atoms with Gasteiger partial charge in [0.05, 0.1) is 17.7 Å². The van der Waals surface area contributed by atoms with Gasteiger partial charge in [0.1, 0.15) is 35.2 Å². The van der Waals surface area contributed by atoms with Crippen LogP contribution in [0.5, 0.6) is 0 Å². The average Bonchev–Trinajstić information content (AvgIpc) is 3.30. The molecule has 0 radical (unpaired) electrons. The molecule has 2 saturated heterocycles. The molecule has 2 aromatic rings. The van der Waals surface area contributed by atoms with E-state index in [1.807, 2.05) is 0 Å². The smallest absolute Gasteiger partial charge is 0.321 e. The molecule has 0 aromatic heterocycles. The van der Waals surface area contributed by atoms with E-state index in [1.165, 1.54) is 42.2 Å². The standard InChI is InChI=1S/C26H25Cl2F2N3O5/c1-12-26(11-31,15-8-7-13(27)9-17(15)29)19(14-5-4-6-16(28)20(14)30)22(24(35)36)33(12)21(23(32)34)18-10-37-25(2,3)38-18/h4-9,12,18-19,21-22H,10H2,1-3H3,(H2,32,34)(H,35,36)/t12-,18?,19-,21?,22+,26+/m0/s1. The predicted molar refractivity (Wildman–Crippen MR) is 133 cm³/mol. The van der Waals surface area contributed by atoms with Crippen molar-refractivity contribution < 1.29 is 33.0 Å². The maximum absolute atomic E-state index is 15.6. The summed E-state index contributed by atoms with van der Waals surface area (Å²) in [6.07, 6.45) is -1.03. The van der Waals surface area contributed by atoms with E-state index in [9.17, 15) is 20.0 Å². The van der Waals surface area contributed by atoms with Gasteiger partial charge >= 0.3 is 5.97 Å². The topological polar surface area (TPSA) is 126 Å². The third-order valence-corrected chi connectivity index (χ3v) is 7.89. The summed E-state index contributed by atoms with van der Waals surface area (Å²) in [5.41, 5.74) is 3.30. The molecule has 0 saturated carbocycles. The lowest BCUT2D eigenvalue weighted by atomic mass is 9.65. The Morgan fingerprint density at radius 1 is 1.26 bits per heavy atom. The molecule has 2 aliphatic rings. The number of benzene rings is 2. The maximum atomic E-state index is 15.6. The minimum atomic E-state index is -2.04. The lowest BCUT2D eigenvalue weighted by Crippen LogP contribution is -2.59. The summed E-state index contributed by atoms with van der Waals surface area (Å²) in [6.45, 7) is 4.58. The Hall–Kier alpha value is -2.81. The molecule has 6 atom stereocenters. The number of carboxylic acids is 1. The molecule has 2 aromatic carbocycles. The van der Waals surface area contributed by atoms with Gasteiger partial charge in [-0.05, 0) is 44.5 Å². The number of ether oxygens (including phenoxy) is 2. The molecule has 2 fully saturated rings. The Morgan fingerprint density at radius 3 is 2.47 bits per heavy atom. The molecule has 4 rings (SSSR count). The van der Waals surface area contributed by atoms with Gasteiger partial charge < -0.3 is 20.3 Å². The number of aliphatic carboxylic acids is 1. The monoisotopic (exact) mass is 567 g/mol. The SMILES string of the molecule is C[C@@H]1N(C(C(N)=O)C2COC(C)(C)O2)[C@@H](C(=O)O)[C@H](c2cccc(Cl)c2F)[C@@]1(C#N)c1ccc(Cl)cc1F. The van der Waals surface area contributed by atoms with Crippen LogP contribution in [0, 0.1) is 23.0 Å². The van der Waals surface area contributed by atoms with Crippen LogP contribution in [0.25, 0.3) is 0 Å². The van der Waals surface area contributed by atoms with Gasteiger partial charge in [-0.3, -0.25) is 14.5 Å². The molecule has 0 aliphatic carbocycles. The van der Waals surface area contributed by atoms with Gasteiger partial charge in [-0.15, -0.1) is 0 Å². The quantitative estimate of drug-likeness (QED) is 0.540. The first-order valence-corrected chi connectivity index (χ1v) is 12.4. The first-order valence-electron chi connectivity index (χ1n) is 11.7. The van der Waals surface area contributed by atoms with Crippen molar-refractivity contribution in [3.63, 3.8) is 0 Å². The fraction of sp³-hybridized carbons (Fsp3) is 0.423. The van der Waals surface area contributed by atoms with Crippen LogP contribution in [0.2, 0.25) is 10.0 Å². The number of halogens is 4. The molecule has 2 aliphatic heterocycles. The van der Waals surface area contributed by atoms with E-state index in [2.05, 4.69) is 6.07 Å². The summed E-state index contributed by atoms with van der Waals surface area (Å²) < 4.78 is 42.6. The lowest BCUT2D eigenvalue weighted by molar-refractivity contribution is -0.158. The Kier molecular flexibility index (Phi) is 7.47. The van der Waals surface area contributed by atoms with Crippen molar-refractivity contribution in [2.45, 2.75) is 62.1 Å². The maximum Gasteiger partial charge on any atom is 0.321 e. The average molecular weight is 568 g/mol. The first kappa shape index (κ1) is 28.2. The van der Waals surface area contributed by atoms with Crippen LogP contribution < -0.4 is 5.73 Å². The fourth-order valence-corrected chi connectivity index (χ4v) is 6.19. The number of likely N-dealkylation sites (tertiary alicyclic amines) is 1. The van der Waals surface area contributed by atoms with Crippen molar-refractivity contribution in [2.75, 3.05) is 6.61 Å². The van der Waals surface area contributed by atoms with Gasteiger partial charge in [0, 0.05) is 22.5 Å². The van der Waals surface area contributed by atoms with Crippen molar-refractivity contribution in [1.29, 1.82) is 5.26 Å². The summed E-state index contributed by atoms with van der Waals surface area (Å²) in [7, 11) is 0. The van der Waals surface area contributed by atoms with Gasteiger partial charge in [-0.25, -0.2) is 8.78 Å². The van der Waals surface area contributed by atoms with Crippen molar-refractivity contribution in [1.82, 2.24) is 4.90 Å². The molecule has 0 spiro atoms. The number of primary amides is 1. The highest BCUT2D eigenvalue weighted by molar-refractivity contribution is 6.31.